The first-order valence-corrected chi connectivity index (χ1v) is 8.05. The van der Waals surface area contributed by atoms with Gasteiger partial charge in [0.05, 0.1) is 5.69 Å². The van der Waals surface area contributed by atoms with Crippen LogP contribution in [-0.4, -0.2) is 34.3 Å². The maximum Gasteiger partial charge on any atom is 0.320 e. The van der Waals surface area contributed by atoms with Crippen LogP contribution in [0.3, 0.4) is 0 Å². The molecule has 2 heterocycles. The van der Waals surface area contributed by atoms with Crippen LogP contribution in [0.5, 0.6) is 0 Å². The maximum absolute atomic E-state index is 12.0. The molecule has 2 atom stereocenters. The van der Waals surface area contributed by atoms with Gasteiger partial charge in [-0.2, -0.15) is 5.10 Å². The van der Waals surface area contributed by atoms with Crippen molar-refractivity contribution in [1.29, 1.82) is 0 Å². The molecule has 1 saturated heterocycles. The van der Waals surface area contributed by atoms with Crippen LogP contribution in [0.1, 0.15) is 45.6 Å². The molecule has 0 bridgehead atoms. The van der Waals surface area contributed by atoms with Crippen molar-refractivity contribution in [3.63, 3.8) is 0 Å². The molecule has 0 saturated carbocycles. The van der Waals surface area contributed by atoms with Gasteiger partial charge in [-0.15, -0.1) is 0 Å². The van der Waals surface area contributed by atoms with E-state index in [1.165, 1.54) is 0 Å². The average Bonchev–Trinajstić information content (AvgIpc) is 2.85. The van der Waals surface area contributed by atoms with Gasteiger partial charge in [-0.05, 0) is 19.3 Å². The number of anilines is 1. The molecule has 0 radical (unpaired) electrons. The minimum absolute atomic E-state index is 0.0241. The third-order valence-corrected chi connectivity index (χ3v) is 3.63. The number of carbonyl (C=O) groups is 2. The molecule has 0 spiro atoms. The lowest BCUT2D eigenvalue weighted by atomic mass is 10.1. The van der Waals surface area contributed by atoms with Crippen LogP contribution in [-0.2, 0) is 4.79 Å². The Kier molecular flexibility index (Phi) is 5.59. The Morgan fingerprint density at radius 3 is 2.91 bits per heavy atom. The van der Waals surface area contributed by atoms with Crippen LogP contribution in [0.2, 0.25) is 0 Å². The Hall–Kier alpha value is -2.09. The number of urea groups is 1. The number of nitrogens with zero attached hydrogens (tertiary/aromatic N) is 2. The summed E-state index contributed by atoms with van der Waals surface area (Å²) in [4.78, 5) is 23.8. The largest absolute Gasteiger partial charge is 0.338 e. The SMILES string of the molecule is CCC1CC(=O)NC(n2nc(C)cc2NC(=O)NCC(C)C)N1. The summed E-state index contributed by atoms with van der Waals surface area (Å²) < 4.78 is 1.60. The van der Waals surface area contributed by atoms with Gasteiger partial charge >= 0.3 is 6.03 Å². The van der Waals surface area contributed by atoms with Crippen molar-refractivity contribution in [2.24, 2.45) is 5.92 Å². The second-order valence-electron chi connectivity index (χ2n) is 6.29. The van der Waals surface area contributed by atoms with E-state index in [1.807, 2.05) is 27.7 Å². The van der Waals surface area contributed by atoms with E-state index in [1.54, 1.807) is 10.7 Å². The van der Waals surface area contributed by atoms with Crippen molar-refractivity contribution in [3.8, 4) is 0 Å². The Morgan fingerprint density at radius 1 is 1.52 bits per heavy atom. The summed E-state index contributed by atoms with van der Waals surface area (Å²) in [5, 5.41) is 16.2. The molecule has 2 rings (SSSR count). The van der Waals surface area contributed by atoms with Crippen LogP contribution in [0.25, 0.3) is 0 Å². The minimum atomic E-state index is -0.463. The van der Waals surface area contributed by atoms with Crippen molar-refractivity contribution >= 4 is 17.8 Å². The zero-order valence-electron chi connectivity index (χ0n) is 14.1. The number of aromatic nitrogens is 2. The Bertz CT molecular complexity index is 568. The fourth-order valence-electron chi connectivity index (χ4n) is 2.42. The van der Waals surface area contributed by atoms with Crippen molar-refractivity contribution < 1.29 is 9.59 Å². The zero-order valence-corrected chi connectivity index (χ0v) is 14.1. The molecule has 128 valence electrons. The Morgan fingerprint density at radius 2 is 2.26 bits per heavy atom. The predicted molar refractivity (Wildman–Crippen MR) is 87.8 cm³/mol. The number of hydrogen-bond acceptors (Lipinski definition) is 4. The Balaban J connectivity index is 2.10. The molecular formula is C15H26N6O2. The summed E-state index contributed by atoms with van der Waals surface area (Å²) in [6.45, 7) is 8.52. The van der Waals surface area contributed by atoms with Gasteiger partial charge < -0.3 is 10.6 Å². The van der Waals surface area contributed by atoms with Gasteiger partial charge in [-0.25, -0.2) is 9.48 Å². The fraction of sp³-hybridized carbons (Fsp3) is 0.667. The second kappa shape index (κ2) is 7.45. The van der Waals surface area contributed by atoms with Crippen molar-refractivity contribution in [2.75, 3.05) is 11.9 Å². The maximum atomic E-state index is 12.0. The smallest absolute Gasteiger partial charge is 0.320 e. The number of amides is 3. The molecule has 23 heavy (non-hydrogen) atoms. The molecule has 1 fully saturated rings. The topological polar surface area (TPSA) is 100 Å². The molecule has 3 amide bonds. The fourth-order valence-corrected chi connectivity index (χ4v) is 2.42. The van der Waals surface area contributed by atoms with Gasteiger partial charge in [0.15, 0.2) is 6.29 Å². The van der Waals surface area contributed by atoms with E-state index in [4.69, 9.17) is 0 Å². The molecule has 8 heteroatoms. The average molecular weight is 322 g/mol. The molecule has 1 aliphatic rings. The van der Waals surface area contributed by atoms with Crippen LogP contribution < -0.4 is 21.3 Å². The lowest BCUT2D eigenvalue weighted by Crippen LogP contribution is -2.53. The van der Waals surface area contributed by atoms with Gasteiger partial charge in [0, 0.05) is 25.1 Å². The van der Waals surface area contributed by atoms with Gasteiger partial charge in [0.2, 0.25) is 5.91 Å². The summed E-state index contributed by atoms with van der Waals surface area (Å²) in [5.41, 5.74) is 0.763. The lowest BCUT2D eigenvalue weighted by molar-refractivity contribution is -0.125. The number of carbonyl (C=O) groups excluding carboxylic acids is 2. The highest BCUT2D eigenvalue weighted by molar-refractivity contribution is 5.88. The van der Waals surface area contributed by atoms with Crippen molar-refractivity contribution in [2.45, 2.75) is 52.9 Å². The van der Waals surface area contributed by atoms with E-state index < -0.39 is 6.29 Å². The zero-order chi connectivity index (χ0) is 17.0. The number of hydrogen-bond donors (Lipinski definition) is 4. The standard InChI is InChI=1S/C15H26N6O2/c1-5-11-7-13(22)19-14(17-11)21-12(6-10(4)20-21)18-15(23)16-8-9(2)3/h6,9,11,14,17H,5,7-8H2,1-4H3,(H,19,22)(H2,16,18,23). The first-order valence-electron chi connectivity index (χ1n) is 8.05. The van der Waals surface area contributed by atoms with Gasteiger partial charge in [0.1, 0.15) is 5.82 Å². The van der Waals surface area contributed by atoms with E-state index >= 15 is 0 Å². The highest BCUT2D eigenvalue weighted by Crippen LogP contribution is 2.18. The highest BCUT2D eigenvalue weighted by atomic mass is 16.2. The number of aryl methyl sites for hydroxylation is 1. The predicted octanol–water partition coefficient (Wildman–Crippen LogP) is 1.31. The summed E-state index contributed by atoms with van der Waals surface area (Å²) in [6, 6.07) is 1.59. The molecule has 0 aliphatic carbocycles. The van der Waals surface area contributed by atoms with E-state index in [0.29, 0.717) is 24.7 Å². The molecule has 1 aliphatic heterocycles. The molecular weight excluding hydrogens is 296 g/mol. The minimum Gasteiger partial charge on any atom is -0.338 e. The third-order valence-electron chi connectivity index (χ3n) is 3.63. The molecule has 1 aromatic rings. The van der Waals surface area contributed by atoms with E-state index in [0.717, 1.165) is 12.1 Å². The molecule has 2 unspecified atom stereocenters. The van der Waals surface area contributed by atoms with Crippen LogP contribution in [0, 0.1) is 12.8 Å². The van der Waals surface area contributed by atoms with Crippen molar-refractivity contribution in [1.82, 2.24) is 25.7 Å². The normalized spacial score (nSPS) is 21.2. The first kappa shape index (κ1) is 17.3. The summed E-state index contributed by atoms with van der Waals surface area (Å²) in [5.74, 6) is 0.888. The third kappa shape index (κ3) is 4.69. The monoisotopic (exact) mass is 322 g/mol. The summed E-state index contributed by atoms with van der Waals surface area (Å²) >= 11 is 0. The van der Waals surface area contributed by atoms with Crippen LogP contribution >= 0.6 is 0 Å². The number of nitrogens with one attached hydrogen (secondary N) is 4. The van der Waals surface area contributed by atoms with E-state index in [-0.39, 0.29) is 18.0 Å². The summed E-state index contributed by atoms with van der Waals surface area (Å²) in [7, 11) is 0. The molecule has 4 N–H and O–H groups in total. The van der Waals surface area contributed by atoms with Gasteiger partial charge in [-0.3, -0.25) is 15.4 Å². The molecule has 1 aromatic heterocycles. The molecule has 8 nitrogen and oxygen atoms in total. The lowest BCUT2D eigenvalue weighted by Gasteiger charge is -2.31. The van der Waals surface area contributed by atoms with Gasteiger partial charge in [-0.1, -0.05) is 20.8 Å². The highest BCUT2D eigenvalue weighted by Gasteiger charge is 2.28. The van der Waals surface area contributed by atoms with E-state index in [2.05, 4.69) is 26.4 Å². The molecule has 0 aromatic carbocycles. The van der Waals surface area contributed by atoms with E-state index in [9.17, 15) is 9.59 Å². The summed E-state index contributed by atoms with van der Waals surface area (Å²) in [6.07, 6.45) is 0.836. The van der Waals surface area contributed by atoms with Gasteiger partial charge in [0.25, 0.3) is 0 Å². The quantitative estimate of drug-likeness (QED) is 0.657. The van der Waals surface area contributed by atoms with Crippen LogP contribution in [0.15, 0.2) is 6.07 Å². The Labute approximate surface area is 136 Å². The second-order valence-corrected chi connectivity index (χ2v) is 6.29. The van der Waals surface area contributed by atoms with Crippen LogP contribution in [0.4, 0.5) is 10.6 Å². The number of rotatable bonds is 5. The first-order chi connectivity index (χ1) is 10.9. The van der Waals surface area contributed by atoms with Crippen molar-refractivity contribution in [3.05, 3.63) is 11.8 Å².